The highest BCUT2D eigenvalue weighted by Crippen LogP contribution is 2.40. The predicted octanol–water partition coefficient (Wildman–Crippen LogP) is 9.08. The summed E-state index contributed by atoms with van der Waals surface area (Å²) in [5.41, 5.74) is 6.11. The molecule has 5 heteroatoms. The van der Waals surface area contributed by atoms with Gasteiger partial charge < -0.3 is 10.2 Å². The Bertz CT molecular complexity index is 1240. The minimum absolute atomic E-state index is 0.195. The van der Waals surface area contributed by atoms with E-state index in [1.807, 2.05) is 39.8 Å². The highest BCUT2D eigenvalue weighted by Gasteiger charge is 2.26. The number of amides is 1. The molecule has 2 rings (SSSR count). The first kappa shape index (κ1) is 32.0. The van der Waals surface area contributed by atoms with Crippen LogP contribution in [0.15, 0.2) is 53.3 Å². The van der Waals surface area contributed by atoms with Crippen LogP contribution >= 0.6 is 0 Å². The molecule has 2 N–H and O–H groups in total. The second kappa shape index (κ2) is 11.9. The maximum atomic E-state index is 12.5. The maximum absolute atomic E-state index is 12.5. The van der Waals surface area contributed by atoms with E-state index in [0.717, 1.165) is 33.4 Å². The van der Waals surface area contributed by atoms with Crippen LogP contribution in [0.5, 0.6) is 11.5 Å². The fourth-order valence-electron chi connectivity index (χ4n) is 4.48. The molecule has 5 nitrogen and oxygen atoms in total. The van der Waals surface area contributed by atoms with Crippen LogP contribution in [0, 0.1) is 0 Å². The van der Waals surface area contributed by atoms with Gasteiger partial charge in [0.25, 0.3) is 5.91 Å². The van der Waals surface area contributed by atoms with Crippen molar-refractivity contribution in [3.63, 3.8) is 0 Å². The van der Waals surface area contributed by atoms with Crippen molar-refractivity contribution in [3.8, 4) is 11.5 Å². The number of aryl methyl sites for hydroxylation is 2. The molecular formula is C34H48N2O3. The molecule has 0 fully saturated rings. The Balaban J connectivity index is 2.10. The molecule has 0 bridgehead atoms. The van der Waals surface area contributed by atoms with E-state index in [0.29, 0.717) is 36.3 Å². The smallest absolute Gasteiger partial charge is 0.265 e. The number of benzene rings is 2. The number of phenolic OH excluding ortho intramolecular Hbond substituents is 2. The summed E-state index contributed by atoms with van der Waals surface area (Å²) in [5, 5.41) is 29.7. The summed E-state index contributed by atoms with van der Waals surface area (Å²) in [7, 11) is 0. The summed E-state index contributed by atoms with van der Waals surface area (Å²) in [5.74, 6) is 0.300. The summed E-state index contributed by atoms with van der Waals surface area (Å²) in [4.78, 5) is 12.5. The zero-order valence-corrected chi connectivity index (χ0v) is 25.7. The van der Waals surface area contributed by atoms with Gasteiger partial charge in [-0.15, -0.1) is 5.11 Å². The van der Waals surface area contributed by atoms with E-state index in [9.17, 15) is 15.0 Å². The Morgan fingerprint density at radius 1 is 0.692 bits per heavy atom. The number of allylic oxidation sites excluding steroid dienone is 2. The molecule has 0 heterocycles. The number of azo groups is 1. The Morgan fingerprint density at radius 2 is 1.10 bits per heavy atom. The van der Waals surface area contributed by atoms with Gasteiger partial charge >= 0.3 is 0 Å². The first-order valence-corrected chi connectivity index (χ1v) is 13.7. The van der Waals surface area contributed by atoms with E-state index in [1.165, 1.54) is 0 Å². The minimum Gasteiger partial charge on any atom is -0.507 e. The van der Waals surface area contributed by atoms with Gasteiger partial charge in [-0.1, -0.05) is 93.7 Å². The molecule has 1 amide bonds. The van der Waals surface area contributed by atoms with E-state index in [2.05, 4.69) is 77.1 Å². The van der Waals surface area contributed by atoms with Crippen LogP contribution in [0.25, 0.3) is 5.57 Å². The third-order valence-corrected chi connectivity index (χ3v) is 6.86. The van der Waals surface area contributed by atoms with Gasteiger partial charge in [0.15, 0.2) is 0 Å². The van der Waals surface area contributed by atoms with Crippen molar-refractivity contribution in [1.29, 1.82) is 0 Å². The van der Waals surface area contributed by atoms with Gasteiger partial charge in [-0.25, -0.2) is 0 Å². The quantitative estimate of drug-likeness (QED) is 0.333. The summed E-state index contributed by atoms with van der Waals surface area (Å²) in [6, 6.07) is 7.97. The molecule has 0 radical (unpaired) electrons. The van der Waals surface area contributed by atoms with E-state index in [1.54, 1.807) is 0 Å². The van der Waals surface area contributed by atoms with Crippen molar-refractivity contribution in [2.24, 2.45) is 10.2 Å². The van der Waals surface area contributed by atoms with Crippen LogP contribution in [-0.2, 0) is 33.9 Å². The molecule has 2 aromatic carbocycles. The molecule has 39 heavy (non-hydrogen) atoms. The lowest BCUT2D eigenvalue weighted by Gasteiger charge is -2.28. The Morgan fingerprint density at radius 3 is 1.54 bits per heavy atom. The van der Waals surface area contributed by atoms with Crippen molar-refractivity contribution in [1.82, 2.24) is 0 Å². The lowest BCUT2D eigenvalue weighted by Crippen LogP contribution is -2.18. The van der Waals surface area contributed by atoms with Gasteiger partial charge in [0.1, 0.15) is 11.5 Å². The molecule has 0 aromatic heterocycles. The highest BCUT2D eigenvalue weighted by molar-refractivity contribution is 5.77. The zero-order valence-electron chi connectivity index (χ0n) is 25.7. The van der Waals surface area contributed by atoms with Gasteiger partial charge in [0.2, 0.25) is 0 Å². The molecule has 0 aliphatic heterocycles. The molecule has 0 atom stereocenters. The summed E-state index contributed by atoms with van der Waals surface area (Å²) < 4.78 is 0. The van der Waals surface area contributed by atoms with Gasteiger partial charge in [-0.05, 0) is 76.3 Å². The third-order valence-electron chi connectivity index (χ3n) is 6.86. The predicted molar refractivity (Wildman–Crippen MR) is 163 cm³/mol. The van der Waals surface area contributed by atoms with Crippen molar-refractivity contribution in [2.75, 3.05) is 0 Å². The van der Waals surface area contributed by atoms with Gasteiger partial charge in [0, 0.05) is 17.5 Å². The highest BCUT2D eigenvalue weighted by atomic mass is 16.3. The maximum Gasteiger partial charge on any atom is 0.265 e. The third kappa shape index (κ3) is 8.64. The lowest BCUT2D eigenvalue weighted by atomic mass is 9.78. The Kier molecular flexibility index (Phi) is 9.76. The molecule has 0 aliphatic rings. The van der Waals surface area contributed by atoms with Crippen molar-refractivity contribution < 1.29 is 15.0 Å². The van der Waals surface area contributed by atoms with Crippen LogP contribution in [-0.4, -0.2) is 16.1 Å². The monoisotopic (exact) mass is 532 g/mol. The topological polar surface area (TPSA) is 82.2 Å². The van der Waals surface area contributed by atoms with Crippen LogP contribution in [0.3, 0.4) is 0 Å². The number of rotatable bonds is 8. The molecule has 212 valence electrons. The number of phenols is 2. The number of carbonyl (C=O) groups is 1. The second-order valence-corrected chi connectivity index (χ2v) is 13.8. The SMILES string of the molecule is C=C(CCc1cc(C(C)(C)C)c(O)c(C(C)(C)C)c1)/N=N/C(=O)CCc1cc(C(=C)C)c(O)c(C(C)(C)C)c1. The molecule has 0 spiro atoms. The van der Waals surface area contributed by atoms with Crippen LogP contribution in [0.1, 0.15) is 115 Å². The summed E-state index contributed by atoms with van der Waals surface area (Å²) >= 11 is 0. The number of nitrogens with zero attached hydrogens (tertiary/aromatic N) is 2. The van der Waals surface area contributed by atoms with Crippen molar-refractivity contribution >= 4 is 11.5 Å². The lowest BCUT2D eigenvalue weighted by molar-refractivity contribution is -0.118. The Hall–Kier alpha value is -3.21. The number of aromatic hydroxyl groups is 2. The van der Waals surface area contributed by atoms with Crippen LogP contribution in [0.4, 0.5) is 0 Å². The first-order valence-electron chi connectivity index (χ1n) is 13.7. The van der Waals surface area contributed by atoms with E-state index >= 15 is 0 Å². The zero-order chi connectivity index (χ0) is 29.9. The van der Waals surface area contributed by atoms with Gasteiger partial charge in [-0.2, -0.15) is 5.11 Å². The largest absolute Gasteiger partial charge is 0.507 e. The standard InChI is InChI=1S/C34H48N2O3/c1-21(2)25-17-23(18-26(30(25)38)32(4,5)6)15-16-29(37)36-35-22(3)13-14-24-19-27(33(7,8)9)31(39)28(20-24)34(10,11)12/h17-20,38-39H,1,3,13-16H2,2,4-12H3/b36-35+. The minimum atomic E-state index is -0.312. The molecule has 0 saturated heterocycles. The fraction of sp³-hybridized carbons (Fsp3) is 0.500. The van der Waals surface area contributed by atoms with Crippen LogP contribution < -0.4 is 0 Å². The van der Waals surface area contributed by atoms with Gasteiger partial charge in [-0.3, -0.25) is 4.79 Å². The first-order chi connectivity index (χ1) is 17.7. The summed E-state index contributed by atoms with van der Waals surface area (Å²) in [6.45, 7) is 28.6. The molecular weight excluding hydrogens is 484 g/mol. The van der Waals surface area contributed by atoms with Crippen molar-refractivity contribution in [2.45, 2.75) is 111 Å². The molecule has 0 unspecified atom stereocenters. The van der Waals surface area contributed by atoms with E-state index in [4.69, 9.17) is 0 Å². The van der Waals surface area contributed by atoms with Crippen LogP contribution in [0.2, 0.25) is 0 Å². The summed E-state index contributed by atoms with van der Waals surface area (Å²) in [6.07, 6.45) is 1.95. The van der Waals surface area contributed by atoms with E-state index in [-0.39, 0.29) is 34.3 Å². The van der Waals surface area contributed by atoms with Gasteiger partial charge in [0.05, 0.1) is 5.70 Å². The number of hydrogen-bond acceptors (Lipinski definition) is 4. The van der Waals surface area contributed by atoms with E-state index < -0.39 is 0 Å². The Labute approximate surface area is 235 Å². The molecule has 0 saturated carbocycles. The van der Waals surface area contributed by atoms with Crippen molar-refractivity contribution in [3.05, 3.63) is 76.5 Å². The fourth-order valence-corrected chi connectivity index (χ4v) is 4.48. The molecule has 0 aliphatic carbocycles. The second-order valence-electron chi connectivity index (χ2n) is 13.8. The average Bonchev–Trinajstić information content (AvgIpc) is 2.78. The average molecular weight is 533 g/mol. The normalized spacial score (nSPS) is 12.7. The number of carbonyl (C=O) groups excluding carboxylic acids is 1. The molecule has 2 aromatic rings. The number of hydrogen-bond donors (Lipinski definition) is 2.